The van der Waals surface area contributed by atoms with Crippen LogP contribution in [-0.4, -0.2) is 33.5 Å². The number of rotatable bonds is 5. The van der Waals surface area contributed by atoms with Crippen LogP contribution in [0.3, 0.4) is 0 Å². The number of nitrogen functional groups attached to an aromatic ring is 1. The maximum atomic E-state index is 12.7. The molecule has 1 aliphatic rings. The highest BCUT2D eigenvalue weighted by atomic mass is 32.2. The lowest BCUT2D eigenvalue weighted by Gasteiger charge is -2.23. The number of aromatic nitrogens is 3. The zero-order valence-electron chi connectivity index (χ0n) is 15.9. The molecule has 2 N–H and O–H groups in total. The molecule has 7 nitrogen and oxygen atoms in total. The number of para-hydroxylation sites is 1. The van der Waals surface area contributed by atoms with Crippen molar-refractivity contribution in [1.82, 2.24) is 14.9 Å². The number of carbonyl (C=O) groups is 1. The molecule has 144 valence electrons. The van der Waals surface area contributed by atoms with Gasteiger partial charge in [-0.3, -0.25) is 4.79 Å². The number of hydrogen-bond acceptors (Lipinski definition) is 7. The molecule has 1 aromatic carbocycles. The summed E-state index contributed by atoms with van der Waals surface area (Å²) >= 11 is 1.25. The van der Waals surface area contributed by atoms with Crippen molar-refractivity contribution in [3.05, 3.63) is 60.0 Å². The number of anilines is 1. The maximum absolute atomic E-state index is 12.7. The molecule has 28 heavy (non-hydrogen) atoms. The number of nitrogens with two attached hydrogens (primary N) is 1. The van der Waals surface area contributed by atoms with Crippen LogP contribution in [0.1, 0.15) is 19.4 Å². The van der Waals surface area contributed by atoms with Crippen molar-refractivity contribution in [3.63, 3.8) is 0 Å². The molecule has 2 aromatic heterocycles. The average Bonchev–Trinajstić information content (AvgIpc) is 3.37. The fourth-order valence-corrected chi connectivity index (χ4v) is 4.22. The van der Waals surface area contributed by atoms with E-state index in [1.165, 1.54) is 22.0 Å². The van der Waals surface area contributed by atoms with Crippen LogP contribution in [0.5, 0.6) is 0 Å². The monoisotopic (exact) mass is 395 g/mol. The van der Waals surface area contributed by atoms with Gasteiger partial charge < -0.3 is 15.2 Å². The minimum Gasteiger partial charge on any atom is -0.461 e. The first-order chi connectivity index (χ1) is 13.4. The molecule has 0 saturated carbocycles. The summed E-state index contributed by atoms with van der Waals surface area (Å²) in [5.41, 5.74) is 3.09. The molecule has 0 bridgehead atoms. The van der Waals surface area contributed by atoms with Crippen molar-refractivity contribution in [2.24, 2.45) is 0 Å². The summed E-state index contributed by atoms with van der Waals surface area (Å²) < 4.78 is 6.64. The number of benzene rings is 1. The summed E-state index contributed by atoms with van der Waals surface area (Å²) in [6, 6.07) is 11.7. The third kappa shape index (κ3) is 2.99. The van der Waals surface area contributed by atoms with Crippen LogP contribution < -0.4 is 10.7 Å². The molecule has 0 saturated heterocycles. The van der Waals surface area contributed by atoms with Crippen LogP contribution in [0, 0.1) is 0 Å². The normalized spacial score (nSPS) is 16.5. The van der Waals surface area contributed by atoms with E-state index in [0.717, 1.165) is 11.4 Å². The molecular weight excluding hydrogens is 374 g/mol. The van der Waals surface area contributed by atoms with E-state index in [2.05, 4.69) is 41.1 Å². The molecule has 3 aromatic rings. The van der Waals surface area contributed by atoms with E-state index in [9.17, 15) is 4.79 Å². The molecule has 0 spiro atoms. The van der Waals surface area contributed by atoms with Crippen LogP contribution in [0.15, 0.2) is 64.0 Å². The third-order valence-electron chi connectivity index (χ3n) is 4.99. The van der Waals surface area contributed by atoms with Crippen LogP contribution in [0.2, 0.25) is 0 Å². The second kappa shape index (κ2) is 6.87. The second-order valence-electron chi connectivity index (χ2n) is 7.14. The van der Waals surface area contributed by atoms with E-state index in [-0.39, 0.29) is 17.0 Å². The Bertz CT molecular complexity index is 1050. The van der Waals surface area contributed by atoms with E-state index in [1.807, 2.05) is 19.2 Å². The van der Waals surface area contributed by atoms with Gasteiger partial charge in [-0.15, -0.1) is 10.2 Å². The number of allylic oxidation sites excluding steroid dienone is 2. The Hall–Kier alpha value is -3.00. The van der Waals surface area contributed by atoms with Crippen molar-refractivity contribution in [1.29, 1.82) is 0 Å². The largest absolute Gasteiger partial charge is 0.461 e. The zero-order chi connectivity index (χ0) is 19.9. The Morgan fingerprint density at radius 2 is 2.04 bits per heavy atom. The number of furan rings is 1. The van der Waals surface area contributed by atoms with E-state index >= 15 is 0 Å². The van der Waals surface area contributed by atoms with Gasteiger partial charge in [0.2, 0.25) is 11.0 Å². The lowest BCUT2D eigenvalue weighted by Crippen LogP contribution is -2.24. The van der Waals surface area contributed by atoms with Crippen molar-refractivity contribution in [2.45, 2.75) is 24.4 Å². The quantitative estimate of drug-likeness (QED) is 0.403. The lowest BCUT2D eigenvalue weighted by atomic mass is 9.83. The molecular formula is C20H21N5O2S. The Morgan fingerprint density at radius 1 is 1.25 bits per heavy atom. The van der Waals surface area contributed by atoms with E-state index in [0.29, 0.717) is 16.7 Å². The third-order valence-corrected chi connectivity index (χ3v) is 5.95. The molecule has 0 amide bonds. The molecule has 8 heteroatoms. The maximum Gasteiger partial charge on any atom is 0.218 e. The molecule has 0 atom stereocenters. The van der Waals surface area contributed by atoms with Gasteiger partial charge in [0.05, 0.1) is 12.0 Å². The molecule has 0 radical (unpaired) electrons. The summed E-state index contributed by atoms with van der Waals surface area (Å²) in [5.74, 6) is 7.21. The Kier molecular flexibility index (Phi) is 4.50. The predicted octanol–water partition coefficient (Wildman–Crippen LogP) is 3.22. The molecule has 1 aliphatic heterocycles. The molecule has 0 unspecified atom stereocenters. The molecule has 0 fully saturated rings. The van der Waals surface area contributed by atoms with Crippen LogP contribution in [-0.2, 0) is 10.2 Å². The van der Waals surface area contributed by atoms with Crippen molar-refractivity contribution in [3.8, 4) is 11.6 Å². The standard InChI is InChI=1S/C20H21N5O2S/c1-20(2)14-7-4-5-8-15(14)24(3)17(20)11-13(26)12-28-19-23-22-18(25(19)21)16-9-6-10-27-16/h4-11H,12,21H2,1-3H3. The zero-order valence-corrected chi connectivity index (χ0v) is 16.7. The van der Waals surface area contributed by atoms with Gasteiger partial charge in [0.1, 0.15) is 0 Å². The minimum absolute atomic E-state index is 0.00437. The Labute approximate surface area is 167 Å². The van der Waals surface area contributed by atoms with Crippen LogP contribution >= 0.6 is 11.8 Å². The van der Waals surface area contributed by atoms with Gasteiger partial charge in [-0.25, -0.2) is 4.68 Å². The fraction of sp³-hybridized carbons (Fsp3) is 0.250. The highest BCUT2D eigenvalue weighted by Crippen LogP contribution is 2.46. The SMILES string of the molecule is CN1C(=CC(=O)CSc2nnc(-c3ccco3)n2N)C(C)(C)c2ccccc21. The summed E-state index contributed by atoms with van der Waals surface area (Å²) in [6.07, 6.45) is 3.27. The first-order valence-corrected chi connectivity index (χ1v) is 9.83. The van der Waals surface area contributed by atoms with Crippen molar-refractivity contribution >= 4 is 23.2 Å². The lowest BCUT2D eigenvalue weighted by molar-refractivity contribution is -0.112. The Balaban J connectivity index is 1.50. The van der Waals surface area contributed by atoms with Gasteiger partial charge >= 0.3 is 0 Å². The van der Waals surface area contributed by atoms with Crippen LogP contribution in [0.4, 0.5) is 5.69 Å². The van der Waals surface area contributed by atoms with Gasteiger partial charge in [0.25, 0.3) is 0 Å². The number of nitrogens with zero attached hydrogens (tertiary/aromatic N) is 4. The van der Waals surface area contributed by atoms with Crippen molar-refractivity contribution in [2.75, 3.05) is 23.5 Å². The smallest absolute Gasteiger partial charge is 0.218 e. The Morgan fingerprint density at radius 3 is 2.75 bits per heavy atom. The predicted molar refractivity (Wildman–Crippen MR) is 110 cm³/mol. The van der Waals surface area contributed by atoms with Gasteiger partial charge in [0.15, 0.2) is 11.5 Å². The van der Waals surface area contributed by atoms with Gasteiger partial charge in [0, 0.05) is 29.9 Å². The van der Waals surface area contributed by atoms with E-state index in [1.54, 1.807) is 24.5 Å². The first kappa shape index (κ1) is 18.4. The highest BCUT2D eigenvalue weighted by Gasteiger charge is 2.38. The summed E-state index contributed by atoms with van der Waals surface area (Å²) in [5, 5.41) is 8.56. The van der Waals surface area contributed by atoms with E-state index in [4.69, 9.17) is 10.3 Å². The molecule has 4 rings (SSSR count). The summed E-state index contributed by atoms with van der Waals surface area (Å²) in [6.45, 7) is 4.27. The summed E-state index contributed by atoms with van der Waals surface area (Å²) in [7, 11) is 1.99. The number of fused-ring (bicyclic) bond motifs is 1. The van der Waals surface area contributed by atoms with Gasteiger partial charge in [-0.1, -0.05) is 43.8 Å². The second-order valence-corrected chi connectivity index (χ2v) is 8.08. The highest BCUT2D eigenvalue weighted by molar-refractivity contribution is 7.99. The minimum atomic E-state index is -0.230. The number of likely N-dealkylation sites (N-methyl/N-ethyl adjacent to an activating group) is 1. The van der Waals surface area contributed by atoms with Crippen LogP contribution in [0.25, 0.3) is 11.6 Å². The average molecular weight is 395 g/mol. The number of ketones is 1. The van der Waals surface area contributed by atoms with E-state index < -0.39 is 0 Å². The molecule has 0 aliphatic carbocycles. The number of hydrogen-bond donors (Lipinski definition) is 1. The topological polar surface area (TPSA) is 90.2 Å². The number of thioether (sulfide) groups is 1. The number of carbonyl (C=O) groups excluding carboxylic acids is 1. The fourth-order valence-electron chi connectivity index (χ4n) is 3.54. The summed E-state index contributed by atoms with van der Waals surface area (Å²) in [4.78, 5) is 14.7. The van der Waals surface area contributed by atoms with Gasteiger partial charge in [-0.2, -0.15) is 0 Å². The van der Waals surface area contributed by atoms with Gasteiger partial charge in [-0.05, 0) is 23.8 Å². The van der Waals surface area contributed by atoms with Crippen molar-refractivity contribution < 1.29 is 9.21 Å². The molecule has 3 heterocycles. The first-order valence-electron chi connectivity index (χ1n) is 8.85.